The largest absolute Gasteiger partial charge is 0.481 e. The molecule has 0 aromatic rings. The highest BCUT2D eigenvalue weighted by molar-refractivity contribution is 5.90. The van der Waals surface area contributed by atoms with Crippen LogP contribution in [0.2, 0.25) is 0 Å². The van der Waals surface area contributed by atoms with E-state index in [2.05, 4.69) is 10.6 Å². The van der Waals surface area contributed by atoms with Crippen LogP contribution in [-0.4, -0.2) is 185 Å². The van der Waals surface area contributed by atoms with E-state index in [4.69, 9.17) is 24.4 Å². The van der Waals surface area contributed by atoms with Gasteiger partial charge < -0.3 is 35.1 Å². The number of carboxylic acid groups (broad SMARTS) is 2. The molecule has 0 bridgehead atoms. The number of carbonyl (C=O) groups excluding carboxylic acids is 6. The van der Waals surface area contributed by atoms with Crippen molar-refractivity contribution in [2.24, 2.45) is 0 Å². The molecular weight excluding hydrogens is 748 g/mol. The van der Waals surface area contributed by atoms with Gasteiger partial charge in [-0.05, 0) is 68.7 Å². The molecule has 57 heavy (non-hydrogen) atoms. The van der Waals surface area contributed by atoms with Crippen LogP contribution in [0.5, 0.6) is 0 Å². The van der Waals surface area contributed by atoms with Crippen LogP contribution in [0, 0.1) is 0 Å². The van der Waals surface area contributed by atoms with E-state index in [-0.39, 0.29) is 71.6 Å². The number of carboxylic acids is 2. The number of esters is 3. The topological polar surface area (TPSA) is 242 Å². The van der Waals surface area contributed by atoms with Crippen molar-refractivity contribution in [2.45, 2.75) is 111 Å². The fraction of sp³-hybridized carbons (Fsp3) is 0.789. The Kier molecular flexibility index (Phi) is 21.3. The Balaban J connectivity index is 3.37. The van der Waals surface area contributed by atoms with E-state index in [1.807, 2.05) is 14.7 Å². The smallest absolute Gasteiger partial charge is 0.322 e. The van der Waals surface area contributed by atoms with Crippen LogP contribution in [-0.2, 0) is 52.6 Å². The molecule has 0 radical (unpaired) electrons. The van der Waals surface area contributed by atoms with Gasteiger partial charge in [0.15, 0.2) is 0 Å². The third kappa shape index (κ3) is 26.4. The summed E-state index contributed by atoms with van der Waals surface area (Å²) in [6.45, 7) is 17.1. The van der Waals surface area contributed by atoms with E-state index in [0.717, 1.165) is 0 Å². The Morgan fingerprint density at radius 2 is 0.877 bits per heavy atom. The highest BCUT2D eigenvalue weighted by Gasteiger charge is 2.28. The van der Waals surface area contributed by atoms with E-state index >= 15 is 0 Å². The molecule has 0 saturated carbocycles. The summed E-state index contributed by atoms with van der Waals surface area (Å²) in [5, 5.41) is 22.8. The van der Waals surface area contributed by atoms with Crippen LogP contribution in [0.15, 0.2) is 0 Å². The van der Waals surface area contributed by atoms with Gasteiger partial charge >= 0.3 is 29.8 Å². The lowest BCUT2D eigenvalue weighted by atomic mass is 10.0. The quantitative estimate of drug-likeness (QED) is 0.106. The summed E-state index contributed by atoms with van der Waals surface area (Å²) in [4.78, 5) is 107. The summed E-state index contributed by atoms with van der Waals surface area (Å²) in [5.74, 6) is -5.71. The lowest BCUT2D eigenvalue weighted by molar-refractivity contribution is -0.158. The second kappa shape index (κ2) is 23.9. The molecule has 2 amide bonds. The molecule has 1 aliphatic rings. The minimum absolute atomic E-state index is 0.0313. The number of hydrogen-bond donors (Lipinski definition) is 4. The number of amides is 2. The van der Waals surface area contributed by atoms with Crippen molar-refractivity contribution in [3.8, 4) is 0 Å². The second-order valence-corrected chi connectivity index (χ2v) is 17.1. The number of hydrogen-bond acceptors (Lipinski definition) is 15. The molecule has 1 heterocycles. The number of rotatable bonds is 18. The van der Waals surface area contributed by atoms with E-state index in [9.17, 15) is 38.4 Å². The minimum atomic E-state index is -1.31. The van der Waals surface area contributed by atoms with Crippen molar-refractivity contribution >= 4 is 47.4 Å². The summed E-state index contributed by atoms with van der Waals surface area (Å²) in [7, 11) is 0. The Bertz CT molecular complexity index is 1340. The number of ketones is 1. The SMILES string of the molecule is CC(C)(C)OC(=O)CN1CCN(CC(=O)N[C@@H](CCC(=O)CCC(=O)O)C(=O)NCC(=O)O)CCN(CC(=O)OC(C)(C)C)CCN(CC(=O)OC(C)(C)C)CC1. The normalized spacial score (nSPS) is 16.6. The van der Waals surface area contributed by atoms with Crippen LogP contribution in [0.1, 0.15) is 88.0 Å². The molecular formula is C38H66N6O13. The highest BCUT2D eigenvalue weighted by Crippen LogP contribution is 2.12. The second-order valence-electron chi connectivity index (χ2n) is 17.1. The molecule has 19 heteroatoms. The summed E-state index contributed by atoms with van der Waals surface area (Å²) < 4.78 is 16.7. The zero-order valence-electron chi connectivity index (χ0n) is 35.3. The number of Topliss-reactive ketones (excluding diaryl/α,β-unsaturated/α-hetero) is 1. The Morgan fingerprint density at radius 1 is 0.526 bits per heavy atom. The zero-order chi connectivity index (χ0) is 43.6. The molecule has 1 fully saturated rings. The Hall–Kier alpha value is -4.20. The summed E-state index contributed by atoms with van der Waals surface area (Å²) in [5.41, 5.74) is -2.17. The average Bonchev–Trinajstić information content (AvgIpc) is 3.02. The molecule has 19 nitrogen and oxygen atoms in total. The maximum absolute atomic E-state index is 13.5. The first-order valence-corrected chi connectivity index (χ1v) is 19.3. The average molecular weight is 815 g/mol. The molecule has 326 valence electrons. The molecule has 1 aliphatic heterocycles. The first kappa shape index (κ1) is 50.8. The van der Waals surface area contributed by atoms with Crippen molar-refractivity contribution < 1.29 is 62.8 Å². The van der Waals surface area contributed by atoms with Crippen molar-refractivity contribution in [1.82, 2.24) is 30.2 Å². The predicted octanol–water partition coefficient (Wildman–Crippen LogP) is 0.133. The monoisotopic (exact) mass is 814 g/mol. The van der Waals surface area contributed by atoms with Gasteiger partial charge in [0.1, 0.15) is 35.2 Å². The van der Waals surface area contributed by atoms with Crippen LogP contribution < -0.4 is 10.6 Å². The van der Waals surface area contributed by atoms with Crippen LogP contribution >= 0.6 is 0 Å². The van der Waals surface area contributed by atoms with Crippen molar-refractivity contribution in [3.63, 3.8) is 0 Å². The number of nitrogens with one attached hydrogen (secondary N) is 2. The molecule has 1 atom stereocenters. The van der Waals surface area contributed by atoms with Gasteiger partial charge in [0.2, 0.25) is 11.8 Å². The lowest BCUT2D eigenvalue weighted by Gasteiger charge is -2.34. The van der Waals surface area contributed by atoms with E-state index in [0.29, 0.717) is 26.2 Å². The molecule has 0 aromatic carbocycles. The predicted molar refractivity (Wildman–Crippen MR) is 207 cm³/mol. The maximum Gasteiger partial charge on any atom is 0.322 e. The summed E-state index contributed by atoms with van der Waals surface area (Å²) >= 11 is 0. The first-order chi connectivity index (χ1) is 26.2. The molecule has 1 saturated heterocycles. The standard InChI is InChI=1S/C38H66N6O13/c1-36(2,3)55-32(51)24-42-16-14-41(23-29(46)40-28(35(54)39-22-31(49)50)12-10-27(45)11-13-30(47)48)15-17-43(25-33(52)56-37(4,5)6)19-21-44(20-18-42)26-34(53)57-38(7,8)9/h28H,10-26H2,1-9H3,(H,39,54)(H,40,46)(H,47,48)(H,49,50)/t28-/m0/s1. The van der Waals surface area contributed by atoms with Gasteiger partial charge in [0.25, 0.3) is 0 Å². The highest BCUT2D eigenvalue weighted by atomic mass is 16.6. The van der Waals surface area contributed by atoms with Gasteiger partial charge in [0.05, 0.1) is 32.6 Å². The maximum atomic E-state index is 13.5. The Labute approximate surface area is 336 Å². The van der Waals surface area contributed by atoms with Gasteiger partial charge in [-0.3, -0.25) is 58.0 Å². The van der Waals surface area contributed by atoms with E-state index in [1.165, 1.54) is 0 Å². The summed E-state index contributed by atoms with van der Waals surface area (Å²) in [6, 6.07) is -1.29. The summed E-state index contributed by atoms with van der Waals surface area (Å²) in [6.07, 6.45) is -1.08. The zero-order valence-corrected chi connectivity index (χ0v) is 35.3. The third-order valence-corrected chi connectivity index (χ3v) is 8.01. The Morgan fingerprint density at radius 3 is 1.19 bits per heavy atom. The van der Waals surface area contributed by atoms with Crippen LogP contribution in [0.25, 0.3) is 0 Å². The first-order valence-electron chi connectivity index (χ1n) is 19.3. The van der Waals surface area contributed by atoms with Gasteiger partial charge in [-0.2, -0.15) is 0 Å². The molecule has 0 aromatic heterocycles. The third-order valence-electron chi connectivity index (χ3n) is 8.01. The molecule has 0 aliphatic carbocycles. The van der Waals surface area contributed by atoms with Gasteiger partial charge in [-0.25, -0.2) is 0 Å². The fourth-order valence-electron chi connectivity index (χ4n) is 5.55. The fourth-order valence-corrected chi connectivity index (χ4v) is 5.55. The van der Waals surface area contributed by atoms with E-state index in [1.54, 1.807) is 67.2 Å². The van der Waals surface area contributed by atoms with Crippen LogP contribution in [0.3, 0.4) is 0 Å². The van der Waals surface area contributed by atoms with Crippen molar-refractivity contribution in [2.75, 3.05) is 85.1 Å². The van der Waals surface area contributed by atoms with Gasteiger partial charge in [-0.15, -0.1) is 0 Å². The minimum Gasteiger partial charge on any atom is -0.481 e. The lowest BCUT2D eigenvalue weighted by Crippen LogP contribution is -2.53. The number of carbonyl (C=O) groups is 8. The van der Waals surface area contributed by atoms with Crippen LogP contribution in [0.4, 0.5) is 0 Å². The van der Waals surface area contributed by atoms with Crippen molar-refractivity contribution in [1.29, 1.82) is 0 Å². The van der Waals surface area contributed by atoms with E-state index < -0.39 is 83.3 Å². The molecule has 0 unspecified atom stereocenters. The molecule has 4 N–H and O–H groups in total. The number of ether oxygens (including phenoxy) is 3. The van der Waals surface area contributed by atoms with Crippen molar-refractivity contribution in [3.05, 3.63) is 0 Å². The molecule has 1 rings (SSSR count). The number of nitrogens with zero attached hydrogens (tertiary/aromatic N) is 4. The van der Waals surface area contributed by atoms with Gasteiger partial charge in [0, 0.05) is 65.2 Å². The van der Waals surface area contributed by atoms with Gasteiger partial charge in [-0.1, -0.05) is 0 Å². The molecule has 0 spiro atoms. The number of aliphatic carboxylic acids is 2.